The molecule has 0 radical (unpaired) electrons. The van der Waals surface area contributed by atoms with Crippen molar-refractivity contribution in [3.63, 3.8) is 0 Å². The Morgan fingerprint density at radius 1 is 1.25 bits per heavy atom. The summed E-state index contributed by atoms with van der Waals surface area (Å²) in [6.45, 7) is 0.546. The Morgan fingerprint density at radius 2 is 1.95 bits per heavy atom. The van der Waals surface area contributed by atoms with Crippen LogP contribution >= 0.6 is 11.6 Å². The minimum Gasteiger partial charge on any atom is -0.503 e. The maximum atomic E-state index is 9.75. The van der Waals surface area contributed by atoms with E-state index in [2.05, 4.69) is 12.1 Å². The molecular formula is C16H18ClNO2. The number of hydrogen-bond acceptors (Lipinski definition) is 3. The highest BCUT2D eigenvalue weighted by Gasteiger charge is 2.14. The Hall–Kier alpha value is -1.71. The van der Waals surface area contributed by atoms with Crippen molar-refractivity contribution in [3.8, 4) is 11.5 Å². The van der Waals surface area contributed by atoms with Crippen LogP contribution in [-0.4, -0.2) is 18.8 Å². The van der Waals surface area contributed by atoms with Crippen molar-refractivity contribution in [3.05, 3.63) is 58.6 Å². The quantitative estimate of drug-likeness (QED) is 0.888. The van der Waals surface area contributed by atoms with Crippen molar-refractivity contribution in [2.24, 2.45) is 5.73 Å². The number of aromatic hydroxyl groups is 1. The number of phenols is 1. The van der Waals surface area contributed by atoms with Gasteiger partial charge in [0, 0.05) is 5.92 Å². The summed E-state index contributed by atoms with van der Waals surface area (Å²) in [6.07, 6.45) is 0.747. The van der Waals surface area contributed by atoms with Crippen molar-refractivity contribution >= 4 is 11.6 Å². The van der Waals surface area contributed by atoms with Gasteiger partial charge in [-0.3, -0.25) is 0 Å². The lowest BCUT2D eigenvalue weighted by atomic mass is 9.92. The summed E-state index contributed by atoms with van der Waals surface area (Å²) >= 11 is 6.01. The second-order valence-corrected chi connectivity index (χ2v) is 5.08. The van der Waals surface area contributed by atoms with E-state index in [4.69, 9.17) is 22.1 Å². The van der Waals surface area contributed by atoms with Crippen molar-refractivity contribution in [1.82, 2.24) is 0 Å². The van der Waals surface area contributed by atoms with Gasteiger partial charge >= 0.3 is 0 Å². The normalized spacial score (nSPS) is 12.2. The molecule has 0 saturated carbocycles. The minimum atomic E-state index is -0.0260. The second kappa shape index (κ2) is 6.64. The molecule has 2 aromatic rings. The highest BCUT2D eigenvalue weighted by atomic mass is 35.5. The van der Waals surface area contributed by atoms with E-state index in [1.807, 2.05) is 18.2 Å². The number of rotatable bonds is 5. The Morgan fingerprint density at radius 3 is 2.55 bits per heavy atom. The number of phenolic OH excluding ortho intramolecular Hbond substituents is 1. The first-order valence-corrected chi connectivity index (χ1v) is 6.84. The molecule has 1 unspecified atom stereocenters. The van der Waals surface area contributed by atoms with Gasteiger partial charge in [0.25, 0.3) is 0 Å². The molecule has 3 N–H and O–H groups in total. The van der Waals surface area contributed by atoms with E-state index < -0.39 is 0 Å². The van der Waals surface area contributed by atoms with Crippen LogP contribution < -0.4 is 10.5 Å². The summed E-state index contributed by atoms with van der Waals surface area (Å²) in [4.78, 5) is 0. The zero-order chi connectivity index (χ0) is 14.5. The van der Waals surface area contributed by atoms with Crippen LogP contribution in [-0.2, 0) is 6.42 Å². The van der Waals surface area contributed by atoms with Gasteiger partial charge in [0.15, 0.2) is 11.5 Å². The number of nitrogens with two attached hydrogens (primary N) is 1. The minimum absolute atomic E-state index is 0.0260. The summed E-state index contributed by atoms with van der Waals surface area (Å²) in [6, 6.07) is 13.7. The zero-order valence-electron chi connectivity index (χ0n) is 11.3. The van der Waals surface area contributed by atoms with Gasteiger partial charge in [0.2, 0.25) is 0 Å². The molecule has 0 aliphatic heterocycles. The molecule has 0 heterocycles. The van der Waals surface area contributed by atoms with E-state index in [0.717, 1.165) is 12.0 Å². The third-order valence-corrected chi connectivity index (χ3v) is 3.63. The van der Waals surface area contributed by atoms with Gasteiger partial charge in [-0.15, -0.1) is 0 Å². The fraction of sp³-hybridized carbons (Fsp3) is 0.250. The molecule has 2 rings (SSSR count). The predicted octanol–water partition coefficient (Wildman–Crippen LogP) is 3.34. The Labute approximate surface area is 123 Å². The number of methoxy groups -OCH3 is 1. The van der Waals surface area contributed by atoms with Crippen LogP contribution in [0, 0.1) is 0 Å². The van der Waals surface area contributed by atoms with Gasteiger partial charge in [0.1, 0.15) is 0 Å². The Bertz CT molecular complexity index is 572. The third kappa shape index (κ3) is 3.24. The maximum Gasteiger partial charge on any atom is 0.176 e. The summed E-state index contributed by atoms with van der Waals surface area (Å²) in [5.41, 5.74) is 8.06. The van der Waals surface area contributed by atoms with E-state index in [9.17, 15) is 5.11 Å². The van der Waals surface area contributed by atoms with Gasteiger partial charge in [-0.05, 0) is 36.2 Å². The molecule has 0 amide bonds. The summed E-state index contributed by atoms with van der Waals surface area (Å²) in [5, 5.41) is 10.0. The number of hydrogen-bond donors (Lipinski definition) is 2. The molecule has 3 nitrogen and oxygen atoms in total. The van der Waals surface area contributed by atoms with Gasteiger partial charge in [-0.25, -0.2) is 0 Å². The fourth-order valence-corrected chi connectivity index (χ4v) is 2.48. The molecule has 0 aliphatic carbocycles. The van der Waals surface area contributed by atoms with Crippen LogP contribution in [0.5, 0.6) is 11.5 Å². The molecule has 0 saturated heterocycles. The molecule has 0 fully saturated rings. The topological polar surface area (TPSA) is 55.5 Å². The molecule has 0 bridgehead atoms. The third-order valence-electron chi connectivity index (χ3n) is 3.35. The smallest absolute Gasteiger partial charge is 0.176 e. The average Bonchev–Trinajstić information content (AvgIpc) is 2.49. The maximum absolute atomic E-state index is 9.75. The van der Waals surface area contributed by atoms with Crippen molar-refractivity contribution in [1.29, 1.82) is 0 Å². The van der Waals surface area contributed by atoms with Crippen LogP contribution in [0.3, 0.4) is 0 Å². The molecule has 0 aliphatic rings. The molecule has 20 heavy (non-hydrogen) atoms. The Balaban J connectivity index is 2.26. The number of ether oxygens (including phenoxy) is 1. The number of halogens is 1. The molecule has 1 atom stereocenters. The SMILES string of the molecule is COc1cc(CC(CN)c2ccccc2)cc(Cl)c1O. The second-order valence-electron chi connectivity index (χ2n) is 4.68. The van der Waals surface area contributed by atoms with Crippen LogP contribution in [0.1, 0.15) is 17.0 Å². The first-order valence-electron chi connectivity index (χ1n) is 6.46. The first-order chi connectivity index (χ1) is 9.65. The van der Waals surface area contributed by atoms with Crippen molar-refractivity contribution in [2.75, 3.05) is 13.7 Å². The van der Waals surface area contributed by atoms with Crippen LogP contribution in [0.4, 0.5) is 0 Å². The van der Waals surface area contributed by atoms with E-state index in [-0.39, 0.29) is 11.7 Å². The van der Waals surface area contributed by atoms with E-state index in [1.54, 1.807) is 12.1 Å². The van der Waals surface area contributed by atoms with Gasteiger partial charge in [0.05, 0.1) is 12.1 Å². The number of benzene rings is 2. The largest absolute Gasteiger partial charge is 0.503 e. The van der Waals surface area contributed by atoms with Crippen LogP contribution in [0.15, 0.2) is 42.5 Å². The average molecular weight is 292 g/mol. The van der Waals surface area contributed by atoms with Crippen LogP contribution in [0.25, 0.3) is 0 Å². The summed E-state index contributed by atoms with van der Waals surface area (Å²) in [5.74, 6) is 0.569. The van der Waals surface area contributed by atoms with Gasteiger partial charge < -0.3 is 15.6 Å². The monoisotopic (exact) mass is 291 g/mol. The molecule has 4 heteroatoms. The van der Waals surface area contributed by atoms with Gasteiger partial charge in [-0.2, -0.15) is 0 Å². The van der Waals surface area contributed by atoms with Crippen LogP contribution in [0.2, 0.25) is 5.02 Å². The zero-order valence-corrected chi connectivity index (χ0v) is 12.1. The first kappa shape index (κ1) is 14.7. The van der Waals surface area contributed by atoms with E-state index in [1.165, 1.54) is 12.7 Å². The Kier molecular flexibility index (Phi) is 4.88. The predicted molar refractivity (Wildman–Crippen MR) is 81.6 cm³/mol. The highest BCUT2D eigenvalue weighted by Crippen LogP contribution is 2.36. The lowest BCUT2D eigenvalue weighted by Crippen LogP contribution is -2.15. The van der Waals surface area contributed by atoms with E-state index in [0.29, 0.717) is 17.3 Å². The fourth-order valence-electron chi connectivity index (χ4n) is 2.25. The molecule has 0 aromatic heterocycles. The summed E-state index contributed by atoms with van der Waals surface area (Å²) < 4.78 is 5.12. The summed E-state index contributed by atoms with van der Waals surface area (Å²) in [7, 11) is 1.51. The molecule has 2 aromatic carbocycles. The standard InChI is InChI=1S/C16H18ClNO2/c1-20-15-9-11(8-14(17)16(15)19)7-13(10-18)12-5-3-2-4-6-12/h2-6,8-9,13,19H,7,10,18H2,1H3. The lowest BCUT2D eigenvalue weighted by Gasteiger charge is -2.16. The molecular weight excluding hydrogens is 274 g/mol. The molecule has 106 valence electrons. The van der Waals surface area contributed by atoms with Crippen molar-refractivity contribution in [2.45, 2.75) is 12.3 Å². The lowest BCUT2D eigenvalue weighted by molar-refractivity contribution is 0.373. The van der Waals surface area contributed by atoms with Crippen molar-refractivity contribution < 1.29 is 9.84 Å². The highest BCUT2D eigenvalue weighted by molar-refractivity contribution is 6.32. The van der Waals surface area contributed by atoms with Gasteiger partial charge in [-0.1, -0.05) is 41.9 Å². The van der Waals surface area contributed by atoms with E-state index >= 15 is 0 Å². The molecule has 0 spiro atoms.